The summed E-state index contributed by atoms with van der Waals surface area (Å²) >= 11 is 0. The maximum atomic E-state index is 13.9. The van der Waals surface area contributed by atoms with Gasteiger partial charge in [-0.05, 0) is 100 Å². The zero-order valence-electron chi connectivity index (χ0n) is 26.9. The van der Waals surface area contributed by atoms with Crippen molar-refractivity contribution in [1.29, 1.82) is 0 Å². The van der Waals surface area contributed by atoms with E-state index in [-0.39, 0.29) is 5.92 Å². The molecule has 7 nitrogen and oxygen atoms in total. The molecule has 0 saturated carbocycles. The fourth-order valence-corrected chi connectivity index (χ4v) is 4.66. The van der Waals surface area contributed by atoms with Crippen molar-refractivity contribution in [2.75, 3.05) is 6.54 Å². The Bertz CT molecular complexity index is 1000. The summed E-state index contributed by atoms with van der Waals surface area (Å²) in [5, 5.41) is 0. The Labute approximate surface area is 237 Å². The predicted molar refractivity (Wildman–Crippen MR) is 158 cm³/mol. The van der Waals surface area contributed by atoms with Crippen LogP contribution in [0.5, 0.6) is 0 Å². The Morgan fingerprint density at radius 2 is 1.28 bits per heavy atom. The van der Waals surface area contributed by atoms with Crippen molar-refractivity contribution < 1.29 is 28.1 Å². The van der Waals surface area contributed by atoms with Crippen LogP contribution in [0.3, 0.4) is 0 Å². The van der Waals surface area contributed by atoms with Crippen molar-refractivity contribution >= 4 is 25.8 Å². The van der Waals surface area contributed by atoms with Gasteiger partial charge in [-0.2, -0.15) is 0 Å². The highest BCUT2D eigenvalue weighted by molar-refractivity contribution is 6.62. The molecule has 2 heterocycles. The molecule has 39 heavy (non-hydrogen) atoms. The van der Waals surface area contributed by atoms with Crippen LogP contribution in [0.4, 0.5) is 4.79 Å². The smallest absolute Gasteiger partial charge is 0.444 e. The molecule has 0 aromatic heterocycles. The van der Waals surface area contributed by atoms with E-state index in [1.807, 2.05) is 107 Å². The standard InChI is InChI=1S/C30H51B2NO6/c1-15-21(2)20-33(24(34)35-25(3,4)5)30(14,32-38-28(10,11)29(12,13)39-32)22-16-18-23(19-17-22)31-36-26(6,7)27(8,9)37-31/h16-19,21H,15,20H2,1-14H3/t21-,30+/m0/s1. The van der Waals surface area contributed by atoms with E-state index in [0.29, 0.717) is 6.54 Å². The van der Waals surface area contributed by atoms with Crippen LogP contribution in [0.15, 0.2) is 24.3 Å². The molecule has 0 aliphatic carbocycles. The zero-order valence-corrected chi connectivity index (χ0v) is 26.9. The number of amides is 1. The average Bonchev–Trinajstić information content (AvgIpc) is 3.15. The summed E-state index contributed by atoms with van der Waals surface area (Å²) in [5.74, 6) is 0.239. The molecule has 0 bridgehead atoms. The summed E-state index contributed by atoms with van der Waals surface area (Å²) in [6.07, 6.45) is 0.523. The third-order valence-corrected chi connectivity index (χ3v) is 9.10. The van der Waals surface area contributed by atoms with Crippen molar-refractivity contribution in [2.24, 2.45) is 5.92 Å². The quantitative estimate of drug-likeness (QED) is 0.387. The molecule has 9 heteroatoms. The lowest BCUT2D eigenvalue weighted by Gasteiger charge is -2.44. The Hall–Kier alpha value is -1.54. The first-order valence-electron chi connectivity index (χ1n) is 14.4. The molecule has 1 aromatic carbocycles. The summed E-state index contributed by atoms with van der Waals surface area (Å²) in [5.41, 5.74) is -1.84. The summed E-state index contributed by atoms with van der Waals surface area (Å²) < 4.78 is 31.8. The predicted octanol–water partition coefficient (Wildman–Crippen LogP) is 6.12. The summed E-state index contributed by atoms with van der Waals surface area (Å²) in [6.45, 7) is 28.7. The minimum Gasteiger partial charge on any atom is -0.444 e. The first kappa shape index (κ1) is 32.0. The van der Waals surface area contributed by atoms with E-state index in [2.05, 4.69) is 13.8 Å². The Morgan fingerprint density at radius 3 is 1.69 bits per heavy atom. The number of carbonyl (C=O) groups is 1. The number of hydrogen-bond donors (Lipinski definition) is 0. The molecule has 0 N–H and O–H groups in total. The Kier molecular flexibility index (Phi) is 8.51. The van der Waals surface area contributed by atoms with E-state index in [1.165, 1.54) is 0 Å². The van der Waals surface area contributed by atoms with Gasteiger partial charge in [0.05, 0.1) is 22.4 Å². The molecule has 2 fully saturated rings. The van der Waals surface area contributed by atoms with Crippen LogP contribution in [0.25, 0.3) is 0 Å². The fourth-order valence-electron chi connectivity index (χ4n) is 4.66. The van der Waals surface area contributed by atoms with E-state index < -0.39 is 53.8 Å². The molecule has 0 spiro atoms. The summed E-state index contributed by atoms with van der Waals surface area (Å²) in [6, 6.07) is 8.08. The van der Waals surface area contributed by atoms with Gasteiger partial charge in [0.25, 0.3) is 0 Å². The van der Waals surface area contributed by atoms with Gasteiger partial charge in [-0.3, -0.25) is 4.90 Å². The van der Waals surface area contributed by atoms with Crippen molar-refractivity contribution in [3.63, 3.8) is 0 Å². The van der Waals surface area contributed by atoms with E-state index in [1.54, 1.807) is 4.90 Å². The van der Waals surface area contributed by atoms with Crippen molar-refractivity contribution in [1.82, 2.24) is 4.90 Å². The second kappa shape index (κ2) is 10.4. The third kappa shape index (κ3) is 6.22. The first-order chi connectivity index (χ1) is 17.6. The van der Waals surface area contributed by atoms with Crippen LogP contribution in [-0.2, 0) is 28.8 Å². The normalized spacial score (nSPS) is 23.8. The molecule has 0 unspecified atom stereocenters. The molecule has 1 amide bonds. The highest BCUT2D eigenvalue weighted by Crippen LogP contribution is 2.45. The van der Waals surface area contributed by atoms with E-state index >= 15 is 0 Å². The van der Waals surface area contributed by atoms with E-state index in [0.717, 1.165) is 17.4 Å². The first-order valence-corrected chi connectivity index (χ1v) is 14.4. The fraction of sp³-hybridized carbons (Fsp3) is 0.767. The Morgan fingerprint density at radius 1 is 0.846 bits per heavy atom. The van der Waals surface area contributed by atoms with E-state index in [4.69, 9.17) is 23.4 Å². The van der Waals surface area contributed by atoms with Gasteiger partial charge in [-0.15, -0.1) is 0 Å². The van der Waals surface area contributed by atoms with Crippen LogP contribution in [0.2, 0.25) is 0 Å². The minimum atomic E-state index is -0.981. The number of hydrogen-bond acceptors (Lipinski definition) is 6. The topological polar surface area (TPSA) is 66.5 Å². The molecular formula is C30H51B2NO6. The molecule has 3 rings (SSSR count). The molecule has 2 atom stereocenters. The maximum Gasteiger partial charge on any atom is 0.494 e. The third-order valence-electron chi connectivity index (χ3n) is 9.10. The highest BCUT2D eigenvalue weighted by atomic mass is 16.7. The van der Waals surface area contributed by atoms with E-state index in [9.17, 15) is 4.79 Å². The molecule has 0 radical (unpaired) electrons. The van der Waals surface area contributed by atoms with Crippen LogP contribution in [0, 0.1) is 5.92 Å². The number of carbonyl (C=O) groups excluding carboxylic acids is 1. The maximum absolute atomic E-state index is 13.9. The average molecular weight is 543 g/mol. The minimum absolute atomic E-state index is 0.239. The van der Waals surface area contributed by atoms with Crippen LogP contribution in [-0.4, -0.2) is 59.8 Å². The molecular weight excluding hydrogens is 492 g/mol. The van der Waals surface area contributed by atoms with Crippen LogP contribution in [0.1, 0.15) is 109 Å². The van der Waals surface area contributed by atoms with Crippen LogP contribution < -0.4 is 5.46 Å². The molecule has 2 aliphatic rings. The van der Waals surface area contributed by atoms with Crippen LogP contribution >= 0.6 is 0 Å². The van der Waals surface area contributed by atoms with Gasteiger partial charge in [0.2, 0.25) is 0 Å². The summed E-state index contributed by atoms with van der Waals surface area (Å²) in [7, 11) is -1.20. The summed E-state index contributed by atoms with van der Waals surface area (Å²) in [4.78, 5) is 15.7. The number of nitrogens with zero attached hydrogens (tertiary/aromatic N) is 1. The second-order valence-corrected chi connectivity index (χ2v) is 14.6. The zero-order chi connectivity index (χ0) is 29.8. The van der Waals surface area contributed by atoms with Gasteiger partial charge in [0.1, 0.15) is 11.0 Å². The van der Waals surface area contributed by atoms with Gasteiger partial charge >= 0.3 is 20.3 Å². The molecule has 1 aromatic rings. The lowest BCUT2D eigenvalue weighted by atomic mass is 9.60. The molecule has 218 valence electrons. The lowest BCUT2D eigenvalue weighted by Crippen LogP contribution is -2.60. The van der Waals surface area contributed by atoms with Gasteiger partial charge in [0.15, 0.2) is 0 Å². The number of rotatable bonds is 7. The van der Waals surface area contributed by atoms with Crippen molar-refractivity contribution in [3.05, 3.63) is 29.8 Å². The van der Waals surface area contributed by atoms with Gasteiger partial charge in [-0.1, -0.05) is 44.5 Å². The molecule has 2 aliphatic heterocycles. The number of ether oxygens (including phenoxy) is 1. The second-order valence-electron chi connectivity index (χ2n) is 14.6. The lowest BCUT2D eigenvalue weighted by molar-refractivity contribution is 0.00155. The molecule has 2 saturated heterocycles. The number of benzene rings is 1. The van der Waals surface area contributed by atoms with Crippen molar-refractivity contribution in [3.8, 4) is 0 Å². The van der Waals surface area contributed by atoms with Gasteiger partial charge in [-0.25, -0.2) is 4.79 Å². The SMILES string of the molecule is CC[C@H](C)CN(C(=O)OC(C)(C)C)[C@@](C)(B1OC(C)(C)C(C)(C)O1)c1ccc(B2OC(C)(C)C(C)(C)O2)cc1. The van der Waals surface area contributed by atoms with Crippen molar-refractivity contribution in [2.45, 2.75) is 137 Å². The largest absolute Gasteiger partial charge is 0.494 e. The monoisotopic (exact) mass is 543 g/mol. The van der Waals surface area contributed by atoms with Gasteiger partial charge < -0.3 is 23.4 Å². The Balaban J connectivity index is 2.10. The highest BCUT2D eigenvalue weighted by Gasteiger charge is 2.62. The van der Waals surface area contributed by atoms with Gasteiger partial charge in [0, 0.05) is 6.54 Å².